The number of carbonyl (C=O) groups is 1. The standard InChI is InChI=1S/C22H23ClN4O2/c1-2-15-6-8-16(9-7-15)25-22(29)26-12-10-17(11-13-26)27-14-24-20-18(21(27)28)4-3-5-19(20)23/h3-9,14,17H,2,10-13H2,1H3,(H,25,29). The summed E-state index contributed by atoms with van der Waals surface area (Å²) in [6, 6.07) is 13.0. The number of fused-ring (bicyclic) bond motifs is 1. The Balaban J connectivity index is 1.42. The molecule has 0 atom stereocenters. The van der Waals surface area contributed by atoms with Gasteiger partial charge in [-0.25, -0.2) is 9.78 Å². The Bertz CT molecular complexity index is 1090. The fraction of sp³-hybridized carbons (Fsp3) is 0.318. The quantitative estimate of drug-likeness (QED) is 0.692. The maximum absolute atomic E-state index is 12.9. The van der Waals surface area contributed by atoms with E-state index >= 15 is 0 Å². The third-order valence-corrected chi connectivity index (χ3v) is 5.83. The normalized spacial score (nSPS) is 14.9. The minimum Gasteiger partial charge on any atom is -0.324 e. The first-order valence-corrected chi connectivity index (χ1v) is 10.2. The van der Waals surface area contributed by atoms with E-state index in [1.165, 1.54) is 5.56 Å². The number of anilines is 1. The fourth-order valence-corrected chi connectivity index (χ4v) is 3.99. The Hall–Kier alpha value is -2.86. The highest BCUT2D eigenvalue weighted by atomic mass is 35.5. The minimum absolute atomic E-state index is 0.0197. The van der Waals surface area contributed by atoms with Crippen molar-refractivity contribution in [1.29, 1.82) is 0 Å². The zero-order chi connectivity index (χ0) is 20.4. The van der Waals surface area contributed by atoms with Gasteiger partial charge in [-0.2, -0.15) is 0 Å². The lowest BCUT2D eigenvalue weighted by atomic mass is 10.0. The zero-order valence-corrected chi connectivity index (χ0v) is 17.0. The van der Waals surface area contributed by atoms with Crippen molar-refractivity contribution in [3.63, 3.8) is 0 Å². The molecule has 150 valence electrons. The van der Waals surface area contributed by atoms with Crippen molar-refractivity contribution in [3.8, 4) is 0 Å². The molecule has 1 fully saturated rings. The van der Waals surface area contributed by atoms with Crippen LogP contribution in [0.25, 0.3) is 10.9 Å². The van der Waals surface area contributed by atoms with Crippen molar-refractivity contribution in [2.45, 2.75) is 32.2 Å². The molecule has 2 amide bonds. The molecule has 1 N–H and O–H groups in total. The number of amides is 2. The summed E-state index contributed by atoms with van der Waals surface area (Å²) < 4.78 is 1.68. The molecule has 2 aromatic carbocycles. The van der Waals surface area contributed by atoms with Gasteiger partial charge in [-0.15, -0.1) is 0 Å². The van der Waals surface area contributed by atoms with E-state index in [-0.39, 0.29) is 17.6 Å². The highest BCUT2D eigenvalue weighted by molar-refractivity contribution is 6.34. The molecule has 6 nitrogen and oxygen atoms in total. The van der Waals surface area contributed by atoms with Gasteiger partial charge in [0.05, 0.1) is 22.3 Å². The molecule has 0 spiro atoms. The second-order valence-corrected chi connectivity index (χ2v) is 7.70. The number of urea groups is 1. The van der Waals surface area contributed by atoms with Crippen LogP contribution < -0.4 is 10.9 Å². The number of aryl methyl sites for hydroxylation is 1. The van der Waals surface area contributed by atoms with Gasteiger partial charge in [0.15, 0.2) is 0 Å². The van der Waals surface area contributed by atoms with Crippen LogP contribution in [-0.2, 0) is 6.42 Å². The minimum atomic E-state index is -0.108. The van der Waals surface area contributed by atoms with Crippen molar-refractivity contribution >= 4 is 34.2 Å². The number of likely N-dealkylation sites (tertiary alicyclic amines) is 1. The number of hydrogen-bond donors (Lipinski definition) is 1. The summed E-state index contributed by atoms with van der Waals surface area (Å²) in [6.07, 6.45) is 3.95. The van der Waals surface area contributed by atoms with Crippen molar-refractivity contribution in [2.75, 3.05) is 18.4 Å². The van der Waals surface area contributed by atoms with Crippen molar-refractivity contribution in [3.05, 3.63) is 69.7 Å². The average molecular weight is 411 g/mol. The van der Waals surface area contributed by atoms with Gasteiger partial charge in [-0.05, 0) is 49.1 Å². The molecule has 29 heavy (non-hydrogen) atoms. The maximum atomic E-state index is 12.9. The molecule has 1 aliphatic rings. The number of nitrogens with one attached hydrogen (secondary N) is 1. The molecular formula is C22H23ClN4O2. The zero-order valence-electron chi connectivity index (χ0n) is 16.3. The summed E-state index contributed by atoms with van der Waals surface area (Å²) in [6.45, 7) is 3.27. The summed E-state index contributed by atoms with van der Waals surface area (Å²) in [5.74, 6) is 0. The lowest BCUT2D eigenvalue weighted by Crippen LogP contribution is -2.42. The summed E-state index contributed by atoms with van der Waals surface area (Å²) in [5, 5.41) is 3.95. The van der Waals surface area contributed by atoms with Crippen molar-refractivity contribution in [2.24, 2.45) is 0 Å². The number of halogens is 1. The molecule has 1 aliphatic heterocycles. The number of rotatable bonds is 3. The van der Waals surface area contributed by atoms with E-state index in [2.05, 4.69) is 17.2 Å². The van der Waals surface area contributed by atoms with Crippen molar-refractivity contribution in [1.82, 2.24) is 14.5 Å². The molecule has 3 aromatic rings. The molecular weight excluding hydrogens is 388 g/mol. The first-order chi connectivity index (χ1) is 14.1. The molecule has 4 rings (SSSR count). The monoisotopic (exact) mass is 410 g/mol. The molecule has 1 aromatic heterocycles. The molecule has 0 aliphatic carbocycles. The molecule has 0 unspecified atom stereocenters. The maximum Gasteiger partial charge on any atom is 0.321 e. The van der Waals surface area contributed by atoms with Crippen molar-refractivity contribution < 1.29 is 4.79 Å². The van der Waals surface area contributed by atoms with Crippen LogP contribution in [0.1, 0.15) is 31.4 Å². The molecule has 7 heteroatoms. The van der Waals surface area contributed by atoms with Crippen LogP contribution in [0.5, 0.6) is 0 Å². The molecule has 0 radical (unpaired) electrons. The number of benzene rings is 2. The summed E-state index contributed by atoms with van der Waals surface area (Å²) in [5.41, 5.74) is 2.47. The van der Waals surface area contributed by atoms with Gasteiger partial charge in [-0.3, -0.25) is 9.36 Å². The van der Waals surface area contributed by atoms with Gasteiger partial charge >= 0.3 is 6.03 Å². The van der Waals surface area contributed by atoms with Crippen LogP contribution in [0.2, 0.25) is 5.02 Å². The fourth-order valence-electron chi connectivity index (χ4n) is 3.76. The van der Waals surface area contributed by atoms with E-state index in [1.54, 1.807) is 34.0 Å². The third-order valence-electron chi connectivity index (χ3n) is 5.52. The smallest absolute Gasteiger partial charge is 0.321 e. The van der Waals surface area contributed by atoms with Crippen LogP contribution in [0.3, 0.4) is 0 Å². The van der Waals surface area contributed by atoms with Gasteiger partial charge in [0, 0.05) is 24.8 Å². The van der Waals surface area contributed by atoms with Crippen LogP contribution >= 0.6 is 11.6 Å². The highest BCUT2D eigenvalue weighted by Crippen LogP contribution is 2.24. The lowest BCUT2D eigenvalue weighted by molar-refractivity contribution is 0.182. The number of nitrogens with zero attached hydrogens (tertiary/aromatic N) is 3. The van der Waals surface area contributed by atoms with Gasteiger partial charge in [0.1, 0.15) is 0 Å². The second-order valence-electron chi connectivity index (χ2n) is 7.29. The van der Waals surface area contributed by atoms with Gasteiger partial charge in [0.25, 0.3) is 5.56 Å². The molecule has 0 bridgehead atoms. The lowest BCUT2D eigenvalue weighted by Gasteiger charge is -2.32. The van der Waals surface area contributed by atoms with Gasteiger partial charge < -0.3 is 10.2 Å². The Morgan fingerprint density at radius 1 is 1.17 bits per heavy atom. The second kappa shape index (κ2) is 8.25. The SMILES string of the molecule is CCc1ccc(NC(=O)N2CCC(n3cnc4c(Cl)cccc4c3=O)CC2)cc1. The van der Waals surface area contributed by atoms with Crippen LogP contribution in [0, 0.1) is 0 Å². The van der Waals surface area contributed by atoms with Crippen LogP contribution in [0.4, 0.5) is 10.5 Å². The van der Waals surface area contributed by atoms with Gasteiger partial charge in [-0.1, -0.05) is 36.7 Å². The molecule has 2 heterocycles. The van der Waals surface area contributed by atoms with E-state index < -0.39 is 0 Å². The Morgan fingerprint density at radius 3 is 2.59 bits per heavy atom. The Morgan fingerprint density at radius 2 is 1.90 bits per heavy atom. The number of hydrogen-bond acceptors (Lipinski definition) is 3. The summed E-state index contributed by atoms with van der Waals surface area (Å²) in [4.78, 5) is 31.6. The van der Waals surface area contributed by atoms with E-state index in [1.807, 2.05) is 24.3 Å². The summed E-state index contributed by atoms with van der Waals surface area (Å²) >= 11 is 6.14. The average Bonchev–Trinajstić information content (AvgIpc) is 2.75. The molecule has 1 saturated heterocycles. The van der Waals surface area contributed by atoms with Crippen LogP contribution in [-0.4, -0.2) is 33.6 Å². The van der Waals surface area contributed by atoms with E-state index in [0.717, 1.165) is 12.1 Å². The number of aromatic nitrogens is 2. The largest absolute Gasteiger partial charge is 0.324 e. The first-order valence-electron chi connectivity index (χ1n) is 9.87. The summed E-state index contributed by atoms with van der Waals surface area (Å²) in [7, 11) is 0. The Kier molecular flexibility index (Phi) is 5.53. The van der Waals surface area contributed by atoms with Crippen LogP contribution in [0.15, 0.2) is 53.6 Å². The number of carbonyl (C=O) groups excluding carboxylic acids is 1. The highest BCUT2D eigenvalue weighted by Gasteiger charge is 2.25. The van der Waals surface area contributed by atoms with E-state index in [4.69, 9.17) is 11.6 Å². The Labute approximate surface area is 174 Å². The number of piperidine rings is 1. The third kappa shape index (κ3) is 3.98. The first kappa shape index (κ1) is 19.5. The number of para-hydroxylation sites is 1. The predicted molar refractivity (Wildman–Crippen MR) is 116 cm³/mol. The van der Waals surface area contributed by atoms with Gasteiger partial charge in [0.2, 0.25) is 0 Å². The molecule has 0 saturated carbocycles. The van der Waals surface area contributed by atoms with E-state index in [9.17, 15) is 9.59 Å². The van der Waals surface area contributed by atoms with E-state index in [0.29, 0.717) is 41.9 Å². The predicted octanol–water partition coefficient (Wildman–Crippen LogP) is 4.48. The topological polar surface area (TPSA) is 67.2 Å².